The number of aliphatic carboxylic acids is 1. The molecule has 1 N–H and O–H groups in total. The second kappa shape index (κ2) is 5.74. The summed E-state index contributed by atoms with van der Waals surface area (Å²) in [7, 11) is 0. The van der Waals surface area contributed by atoms with Gasteiger partial charge in [0.1, 0.15) is 0 Å². The Labute approximate surface area is 125 Å². The van der Waals surface area contributed by atoms with E-state index < -0.39 is 23.7 Å². The molecule has 0 spiro atoms. The quantitative estimate of drug-likeness (QED) is 0.805. The van der Waals surface area contributed by atoms with Crippen LogP contribution in [0.15, 0.2) is 24.3 Å². The Hall–Kier alpha value is -1.45. The number of halogens is 2. The molecule has 118 valence electrons. The molecule has 0 saturated heterocycles. The van der Waals surface area contributed by atoms with E-state index in [1.165, 1.54) is 26.0 Å². The third kappa shape index (κ3) is 4.02. The topological polar surface area (TPSA) is 37.3 Å². The maximum absolute atomic E-state index is 14.3. The molecule has 0 atom stereocenters. The molecule has 4 heteroatoms. The van der Waals surface area contributed by atoms with Crippen molar-refractivity contribution < 1.29 is 18.7 Å². The van der Waals surface area contributed by atoms with Gasteiger partial charge < -0.3 is 5.11 Å². The van der Waals surface area contributed by atoms with Crippen molar-refractivity contribution in [3.63, 3.8) is 0 Å². The van der Waals surface area contributed by atoms with Crippen molar-refractivity contribution in [1.29, 1.82) is 0 Å². The van der Waals surface area contributed by atoms with Gasteiger partial charge in [-0.2, -0.15) is 0 Å². The molecule has 1 aromatic carbocycles. The monoisotopic (exact) mass is 298 g/mol. The van der Waals surface area contributed by atoms with Crippen molar-refractivity contribution >= 4 is 5.97 Å². The van der Waals surface area contributed by atoms with Gasteiger partial charge in [0.15, 0.2) is 0 Å². The summed E-state index contributed by atoms with van der Waals surface area (Å²) in [4.78, 5) is 11.0. The van der Waals surface area contributed by atoms with E-state index in [1.54, 1.807) is 12.1 Å². The van der Waals surface area contributed by atoms with Crippen LogP contribution in [0.1, 0.15) is 58.6 Å². The average molecular weight is 298 g/mol. The molecule has 0 amide bonds. The molecule has 0 aliphatic heterocycles. The zero-order valence-electron chi connectivity index (χ0n) is 13.3. The molecule has 0 aliphatic carbocycles. The van der Waals surface area contributed by atoms with E-state index >= 15 is 0 Å². The number of hydrogen-bond acceptors (Lipinski definition) is 1. The minimum absolute atomic E-state index is 0.0614. The second-order valence-corrected chi connectivity index (χ2v) is 6.89. The van der Waals surface area contributed by atoms with Crippen LogP contribution in [-0.4, -0.2) is 11.1 Å². The lowest BCUT2D eigenvalue weighted by molar-refractivity contribution is -0.153. The summed E-state index contributed by atoms with van der Waals surface area (Å²) in [6.07, 6.45) is 0.195. The maximum atomic E-state index is 14.3. The summed E-state index contributed by atoms with van der Waals surface area (Å²) in [6.45, 7) is 8.81. The fourth-order valence-corrected chi connectivity index (χ4v) is 2.10. The van der Waals surface area contributed by atoms with Gasteiger partial charge in [-0.1, -0.05) is 45.0 Å². The Morgan fingerprint density at radius 1 is 1.05 bits per heavy atom. The highest BCUT2D eigenvalue weighted by Gasteiger charge is 2.42. The van der Waals surface area contributed by atoms with Crippen LogP contribution in [0.25, 0.3) is 0 Å². The Morgan fingerprint density at radius 2 is 1.48 bits per heavy atom. The smallest absolute Gasteiger partial charge is 0.309 e. The number of hydrogen-bond donors (Lipinski definition) is 1. The van der Waals surface area contributed by atoms with Crippen molar-refractivity contribution in [1.82, 2.24) is 0 Å². The van der Waals surface area contributed by atoms with Gasteiger partial charge in [0.05, 0.1) is 5.41 Å². The summed E-state index contributed by atoms with van der Waals surface area (Å²) in [5.41, 5.74) is -0.659. The normalized spacial score (nSPS) is 13.3. The van der Waals surface area contributed by atoms with Crippen LogP contribution in [-0.2, 0) is 16.1 Å². The van der Waals surface area contributed by atoms with Gasteiger partial charge in [-0.05, 0) is 31.2 Å². The summed E-state index contributed by atoms with van der Waals surface area (Å²) < 4.78 is 28.5. The number of carboxylic acids is 1. The SMILES string of the molecule is CCC(C)(C)c1ccc(C(F)(F)CC(C)(C)C(=O)O)cc1. The van der Waals surface area contributed by atoms with Gasteiger partial charge in [-0.15, -0.1) is 0 Å². The van der Waals surface area contributed by atoms with Crippen molar-refractivity contribution in [3.8, 4) is 0 Å². The highest BCUT2D eigenvalue weighted by molar-refractivity contribution is 5.73. The Kier molecular flexibility index (Phi) is 4.81. The first-order valence-corrected chi connectivity index (χ1v) is 7.14. The van der Waals surface area contributed by atoms with Crippen LogP contribution in [0.3, 0.4) is 0 Å². The van der Waals surface area contributed by atoms with Crippen LogP contribution in [0.5, 0.6) is 0 Å². The average Bonchev–Trinajstić information content (AvgIpc) is 2.37. The zero-order valence-corrected chi connectivity index (χ0v) is 13.3. The van der Waals surface area contributed by atoms with Crippen LogP contribution in [0, 0.1) is 5.41 Å². The molecule has 0 heterocycles. The van der Waals surface area contributed by atoms with E-state index in [1.807, 2.05) is 0 Å². The fourth-order valence-electron chi connectivity index (χ4n) is 2.10. The number of rotatable bonds is 6. The molecule has 0 unspecified atom stereocenters. The van der Waals surface area contributed by atoms with Crippen molar-refractivity contribution in [3.05, 3.63) is 35.4 Å². The maximum Gasteiger partial charge on any atom is 0.309 e. The van der Waals surface area contributed by atoms with E-state index in [-0.39, 0.29) is 11.0 Å². The molecule has 0 radical (unpaired) electrons. The van der Waals surface area contributed by atoms with Crippen molar-refractivity contribution in [2.75, 3.05) is 0 Å². The number of carboxylic acid groups (broad SMARTS) is 1. The summed E-state index contributed by atoms with van der Waals surface area (Å²) >= 11 is 0. The highest BCUT2D eigenvalue weighted by Crippen LogP contribution is 2.40. The second-order valence-electron chi connectivity index (χ2n) is 6.89. The highest BCUT2D eigenvalue weighted by atomic mass is 19.3. The van der Waals surface area contributed by atoms with Crippen LogP contribution >= 0.6 is 0 Å². The standard InChI is InChI=1S/C17H24F2O2/c1-6-15(2,3)12-7-9-13(10-8-12)17(18,19)11-16(4,5)14(20)21/h7-10H,6,11H2,1-5H3,(H,20,21). The molecule has 2 nitrogen and oxygen atoms in total. The molecule has 0 aliphatic rings. The molecule has 0 fully saturated rings. The minimum atomic E-state index is -3.16. The minimum Gasteiger partial charge on any atom is -0.481 e. The Balaban J connectivity index is 3.03. The summed E-state index contributed by atoms with van der Waals surface area (Å²) in [5, 5.41) is 9.00. The zero-order chi connectivity index (χ0) is 16.5. The van der Waals surface area contributed by atoms with Gasteiger partial charge in [-0.3, -0.25) is 4.79 Å². The molecule has 21 heavy (non-hydrogen) atoms. The van der Waals surface area contributed by atoms with Crippen molar-refractivity contribution in [2.24, 2.45) is 5.41 Å². The van der Waals surface area contributed by atoms with Gasteiger partial charge in [0.2, 0.25) is 0 Å². The Morgan fingerprint density at radius 3 is 1.86 bits per heavy atom. The van der Waals surface area contributed by atoms with Crippen LogP contribution in [0.2, 0.25) is 0 Å². The molecule has 1 aromatic rings. The van der Waals surface area contributed by atoms with E-state index in [4.69, 9.17) is 5.11 Å². The van der Waals surface area contributed by atoms with E-state index in [2.05, 4.69) is 20.8 Å². The van der Waals surface area contributed by atoms with E-state index in [9.17, 15) is 13.6 Å². The van der Waals surface area contributed by atoms with Crippen LogP contribution in [0.4, 0.5) is 8.78 Å². The molecule has 0 bridgehead atoms. The summed E-state index contributed by atoms with van der Waals surface area (Å²) in [5.74, 6) is -4.37. The molecular formula is C17H24F2O2. The first-order valence-electron chi connectivity index (χ1n) is 7.14. The largest absolute Gasteiger partial charge is 0.481 e. The number of benzene rings is 1. The molecule has 0 aromatic heterocycles. The van der Waals surface area contributed by atoms with E-state index in [0.717, 1.165) is 12.0 Å². The molecular weight excluding hydrogens is 274 g/mol. The van der Waals surface area contributed by atoms with E-state index in [0.29, 0.717) is 0 Å². The first-order chi connectivity index (χ1) is 9.42. The summed E-state index contributed by atoms with van der Waals surface area (Å²) in [6, 6.07) is 6.23. The molecule has 1 rings (SSSR count). The predicted octanol–water partition coefficient (Wildman–Crippen LogP) is 4.97. The van der Waals surface area contributed by atoms with Crippen LogP contribution < -0.4 is 0 Å². The third-order valence-corrected chi connectivity index (χ3v) is 4.22. The van der Waals surface area contributed by atoms with Gasteiger partial charge >= 0.3 is 5.97 Å². The first kappa shape index (κ1) is 17.6. The third-order valence-electron chi connectivity index (χ3n) is 4.22. The molecule has 0 saturated carbocycles. The van der Waals surface area contributed by atoms with Gasteiger partial charge in [0, 0.05) is 12.0 Å². The predicted molar refractivity (Wildman–Crippen MR) is 79.7 cm³/mol. The lowest BCUT2D eigenvalue weighted by Crippen LogP contribution is -2.31. The fraction of sp³-hybridized carbons (Fsp3) is 0.588. The van der Waals surface area contributed by atoms with Gasteiger partial charge in [-0.25, -0.2) is 8.78 Å². The van der Waals surface area contributed by atoms with Gasteiger partial charge in [0.25, 0.3) is 5.92 Å². The lowest BCUT2D eigenvalue weighted by atomic mass is 9.80. The van der Waals surface area contributed by atoms with Crippen molar-refractivity contribution in [2.45, 2.75) is 58.8 Å². The number of alkyl halides is 2. The lowest BCUT2D eigenvalue weighted by Gasteiger charge is -2.27. The number of carbonyl (C=O) groups is 1. The Bertz CT molecular complexity index is 502.